The average Bonchev–Trinajstić information content (AvgIpc) is 2.86. The number of carbonyl (C=O) groups excluding carboxylic acids is 1. The number of benzene rings is 1. The average molecular weight is 290 g/mol. The summed E-state index contributed by atoms with van der Waals surface area (Å²) in [7, 11) is 0. The zero-order valence-corrected chi connectivity index (χ0v) is 12.4. The highest BCUT2D eigenvalue weighted by molar-refractivity contribution is 5.93. The van der Waals surface area contributed by atoms with Crippen LogP contribution in [-0.4, -0.2) is 15.7 Å². The van der Waals surface area contributed by atoms with E-state index in [0.717, 1.165) is 5.56 Å². The Kier molecular flexibility index (Phi) is 3.97. The van der Waals surface area contributed by atoms with E-state index < -0.39 is 11.7 Å². The summed E-state index contributed by atoms with van der Waals surface area (Å²) in [6.07, 6.45) is 3.64. The Hall–Kier alpha value is -2.37. The van der Waals surface area contributed by atoms with Crippen molar-refractivity contribution in [2.75, 3.05) is 5.32 Å². The van der Waals surface area contributed by atoms with Gasteiger partial charge in [-0.25, -0.2) is 4.39 Å². The van der Waals surface area contributed by atoms with Crippen LogP contribution in [0.25, 0.3) is 0 Å². The van der Waals surface area contributed by atoms with Crippen molar-refractivity contribution in [3.63, 3.8) is 0 Å². The second kappa shape index (κ2) is 5.55. The first-order valence-corrected chi connectivity index (χ1v) is 6.64. The maximum atomic E-state index is 13.7. The predicted molar refractivity (Wildman–Crippen MR) is 79.5 cm³/mol. The minimum absolute atomic E-state index is 0.102. The van der Waals surface area contributed by atoms with Crippen molar-refractivity contribution in [3.8, 4) is 0 Å². The highest BCUT2D eigenvalue weighted by Gasteiger charge is 2.14. The lowest BCUT2D eigenvalue weighted by Gasteiger charge is -2.18. The Labute approximate surface area is 123 Å². The number of hydrogen-bond donors (Lipinski definition) is 2. The van der Waals surface area contributed by atoms with Crippen LogP contribution in [0.4, 0.5) is 10.1 Å². The monoisotopic (exact) mass is 290 g/mol. The quantitative estimate of drug-likeness (QED) is 0.908. The van der Waals surface area contributed by atoms with Crippen molar-refractivity contribution < 1.29 is 9.18 Å². The molecule has 1 amide bonds. The number of hydrogen-bond acceptors (Lipinski definition) is 3. The van der Waals surface area contributed by atoms with Gasteiger partial charge in [0.15, 0.2) is 0 Å². The Bertz CT molecular complexity index is 658. The van der Waals surface area contributed by atoms with Crippen LogP contribution in [0.2, 0.25) is 0 Å². The fraction of sp³-hybridized carbons (Fsp3) is 0.333. The van der Waals surface area contributed by atoms with Crippen molar-refractivity contribution >= 4 is 11.6 Å². The number of halogens is 1. The van der Waals surface area contributed by atoms with Crippen molar-refractivity contribution in [2.24, 2.45) is 5.73 Å². The van der Waals surface area contributed by atoms with Gasteiger partial charge in [0.05, 0.1) is 17.4 Å². The summed E-state index contributed by atoms with van der Waals surface area (Å²) < 4.78 is 15.5. The molecular weight excluding hydrogens is 271 g/mol. The van der Waals surface area contributed by atoms with E-state index in [1.165, 1.54) is 18.2 Å². The number of primary amides is 1. The molecule has 5 nitrogen and oxygen atoms in total. The van der Waals surface area contributed by atoms with Crippen LogP contribution < -0.4 is 11.1 Å². The van der Waals surface area contributed by atoms with E-state index in [1.807, 2.05) is 31.6 Å². The highest BCUT2D eigenvalue weighted by Crippen LogP contribution is 2.18. The summed E-state index contributed by atoms with van der Waals surface area (Å²) in [5, 5.41) is 7.23. The van der Waals surface area contributed by atoms with E-state index >= 15 is 0 Å². The molecule has 0 unspecified atom stereocenters. The summed E-state index contributed by atoms with van der Waals surface area (Å²) in [6, 6.07) is 3.99. The lowest BCUT2D eigenvalue weighted by Crippen LogP contribution is -2.22. The number of rotatable bonds is 4. The molecule has 0 aliphatic rings. The van der Waals surface area contributed by atoms with E-state index in [-0.39, 0.29) is 16.8 Å². The zero-order chi connectivity index (χ0) is 15.6. The summed E-state index contributed by atoms with van der Waals surface area (Å²) >= 11 is 0. The molecule has 1 aromatic carbocycles. The number of nitrogens with two attached hydrogens (primary N) is 1. The van der Waals surface area contributed by atoms with E-state index in [0.29, 0.717) is 6.54 Å². The third-order valence-electron chi connectivity index (χ3n) is 3.06. The molecule has 1 aromatic heterocycles. The van der Waals surface area contributed by atoms with Gasteiger partial charge in [0.25, 0.3) is 0 Å². The van der Waals surface area contributed by atoms with Crippen molar-refractivity contribution in [3.05, 3.63) is 47.5 Å². The summed E-state index contributed by atoms with van der Waals surface area (Å²) in [4.78, 5) is 11.1. The molecule has 112 valence electrons. The molecule has 0 saturated carbocycles. The zero-order valence-electron chi connectivity index (χ0n) is 12.4. The third kappa shape index (κ3) is 3.59. The molecule has 0 radical (unpaired) electrons. The predicted octanol–water partition coefficient (Wildman–Crippen LogP) is 2.49. The molecule has 2 aromatic rings. The molecule has 1 heterocycles. The van der Waals surface area contributed by atoms with E-state index in [2.05, 4.69) is 10.4 Å². The van der Waals surface area contributed by atoms with Gasteiger partial charge in [-0.05, 0) is 39.0 Å². The van der Waals surface area contributed by atoms with Crippen molar-refractivity contribution in [1.29, 1.82) is 0 Å². The van der Waals surface area contributed by atoms with Gasteiger partial charge in [-0.15, -0.1) is 0 Å². The Balaban J connectivity index is 2.11. The van der Waals surface area contributed by atoms with Gasteiger partial charge < -0.3 is 11.1 Å². The minimum atomic E-state index is -0.585. The van der Waals surface area contributed by atoms with Gasteiger partial charge >= 0.3 is 0 Å². The third-order valence-corrected chi connectivity index (χ3v) is 3.06. The first-order valence-electron chi connectivity index (χ1n) is 6.64. The van der Waals surface area contributed by atoms with Crippen molar-refractivity contribution in [2.45, 2.75) is 32.9 Å². The van der Waals surface area contributed by atoms with Crippen LogP contribution in [0.15, 0.2) is 30.6 Å². The first-order chi connectivity index (χ1) is 9.77. The second-order valence-electron chi connectivity index (χ2n) is 5.88. The van der Waals surface area contributed by atoms with Crippen LogP contribution in [0.5, 0.6) is 0 Å². The Morgan fingerprint density at radius 2 is 2.14 bits per heavy atom. The van der Waals surface area contributed by atoms with Gasteiger partial charge in [-0.2, -0.15) is 5.10 Å². The fourth-order valence-corrected chi connectivity index (χ4v) is 1.83. The largest absolute Gasteiger partial charge is 0.378 e. The molecule has 21 heavy (non-hydrogen) atoms. The van der Waals surface area contributed by atoms with Crippen LogP contribution in [-0.2, 0) is 12.1 Å². The van der Waals surface area contributed by atoms with Gasteiger partial charge in [0.2, 0.25) is 5.91 Å². The lowest BCUT2D eigenvalue weighted by atomic mass is 10.1. The Morgan fingerprint density at radius 1 is 1.43 bits per heavy atom. The van der Waals surface area contributed by atoms with Crippen LogP contribution in [0.1, 0.15) is 36.7 Å². The van der Waals surface area contributed by atoms with Crippen LogP contribution >= 0.6 is 0 Å². The molecule has 3 N–H and O–H groups in total. The molecule has 0 atom stereocenters. The molecule has 0 fully saturated rings. The molecule has 6 heteroatoms. The lowest BCUT2D eigenvalue weighted by molar-refractivity contribution is 0.100. The number of aromatic nitrogens is 2. The minimum Gasteiger partial charge on any atom is -0.378 e. The van der Waals surface area contributed by atoms with Gasteiger partial charge in [-0.3, -0.25) is 9.48 Å². The highest BCUT2D eigenvalue weighted by atomic mass is 19.1. The van der Waals surface area contributed by atoms with Gasteiger partial charge in [-0.1, -0.05) is 0 Å². The van der Waals surface area contributed by atoms with Crippen LogP contribution in [0, 0.1) is 5.82 Å². The topological polar surface area (TPSA) is 72.9 Å². The van der Waals surface area contributed by atoms with Gasteiger partial charge in [0.1, 0.15) is 5.82 Å². The summed E-state index contributed by atoms with van der Waals surface area (Å²) in [5.41, 5.74) is 6.52. The van der Waals surface area contributed by atoms with E-state index in [1.54, 1.807) is 6.20 Å². The molecule has 0 spiro atoms. The summed E-state index contributed by atoms with van der Waals surface area (Å²) in [6.45, 7) is 6.56. The number of nitrogens with zero attached hydrogens (tertiary/aromatic N) is 2. The first kappa shape index (κ1) is 15.0. The molecular formula is C15H19FN4O. The van der Waals surface area contributed by atoms with E-state index in [9.17, 15) is 9.18 Å². The number of nitrogens with one attached hydrogen (secondary N) is 1. The Morgan fingerprint density at radius 3 is 2.71 bits per heavy atom. The summed E-state index contributed by atoms with van der Waals surface area (Å²) in [5.74, 6) is -1.01. The maximum absolute atomic E-state index is 13.7. The van der Waals surface area contributed by atoms with E-state index in [4.69, 9.17) is 5.73 Å². The molecule has 0 aliphatic heterocycles. The molecule has 0 bridgehead atoms. The number of amides is 1. The van der Waals surface area contributed by atoms with Gasteiger partial charge in [0, 0.05) is 23.9 Å². The van der Waals surface area contributed by atoms with Crippen LogP contribution in [0.3, 0.4) is 0 Å². The maximum Gasteiger partial charge on any atom is 0.248 e. The molecule has 0 saturated heterocycles. The second-order valence-corrected chi connectivity index (χ2v) is 5.88. The number of carbonyl (C=O) groups is 1. The fourth-order valence-electron chi connectivity index (χ4n) is 1.83. The standard InChI is InChI=1S/C15H19FN4O/c1-15(2,3)20-9-10(8-19-20)7-18-13-6-11(14(17)21)4-5-12(13)16/h4-6,8-9,18H,7H2,1-3H3,(H2,17,21). The molecule has 0 aliphatic carbocycles. The number of anilines is 1. The smallest absolute Gasteiger partial charge is 0.248 e. The SMILES string of the molecule is CC(C)(C)n1cc(CNc2cc(C(N)=O)ccc2F)cn1. The normalized spacial score (nSPS) is 11.4. The molecule has 2 rings (SSSR count). The van der Waals surface area contributed by atoms with Crippen molar-refractivity contribution in [1.82, 2.24) is 9.78 Å².